The van der Waals surface area contributed by atoms with E-state index < -0.39 is 0 Å². The molecule has 0 radical (unpaired) electrons. The van der Waals surface area contributed by atoms with Gasteiger partial charge in [-0.2, -0.15) is 0 Å². The van der Waals surface area contributed by atoms with Gasteiger partial charge in [-0.05, 0) is 23.6 Å². The molecule has 0 unspecified atom stereocenters. The van der Waals surface area contributed by atoms with Crippen LogP contribution in [0.4, 0.5) is 11.4 Å². The third kappa shape index (κ3) is 3.68. The van der Waals surface area contributed by atoms with Crippen LogP contribution in [0.25, 0.3) is 0 Å². The number of ether oxygens (including phenoxy) is 1. The maximum absolute atomic E-state index is 5.52. The zero-order chi connectivity index (χ0) is 17.9. The SMILES string of the molecule is COc1ccccc1N1CCN(CCN2Cc3sccc3N(C)C2)CC1. The highest BCUT2D eigenvalue weighted by atomic mass is 32.1. The van der Waals surface area contributed by atoms with Crippen LogP contribution in [0.15, 0.2) is 35.7 Å². The molecule has 1 saturated heterocycles. The molecule has 3 heterocycles. The quantitative estimate of drug-likeness (QED) is 0.803. The average Bonchev–Trinajstić information content (AvgIpc) is 3.16. The first-order valence-corrected chi connectivity index (χ1v) is 10.2. The van der Waals surface area contributed by atoms with Crippen molar-refractivity contribution in [3.63, 3.8) is 0 Å². The largest absolute Gasteiger partial charge is 0.495 e. The van der Waals surface area contributed by atoms with Gasteiger partial charge in [0.05, 0.1) is 25.2 Å². The van der Waals surface area contributed by atoms with Gasteiger partial charge in [0.2, 0.25) is 0 Å². The lowest BCUT2D eigenvalue weighted by molar-refractivity contribution is 0.189. The summed E-state index contributed by atoms with van der Waals surface area (Å²) in [6.45, 7) is 8.77. The first kappa shape index (κ1) is 17.6. The summed E-state index contributed by atoms with van der Waals surface area (Å²) >= 11 is 1.88. The Bertz CT molecular complexity index is 726. The topological polar surface area (TPSA) is 22.2 Å². The zero-order valence-corrected chi connectivity index (χ0v) is 16.5. The number of nitrogens with zero attached hydrogens (tertiary/aromatic N) is 4. The van der Waals surface area contributed by atoms with Crippen molar-refractivity contribution in [3.8, 4) is 5.75 Å². The highest BCUT2D eigenvalue weighted by molar-refractivity contribution is 7.10. The summed E-state index contributed by atoms with van der Waals surface area (Å²) < 4.78 is 5.52. The Labute approximate surface area is 160 Å². The molecule has 1 aromatic carbocycles. The Morgan fingerprint density at radius 2 is 1.73 bits per heavy atom. The third-order valence-electron chi connectivity index (χ3n) is 5.44. The molecule has 140 valence electrons. The normalized spacial score (nSPS) is 18.8. The molecule has 6 heteroatoms. The van der Waals surface area contributed by atoms with Crippen molar-refractivity contribution in [2.75, 3.05) is 69.9 Å². The highest BCUT2D eigenvalue weighted by Gasteiger charge is 2.23. The Balaban J connectivity index is 1.27. The minimum Gasteiger partial charge on any atom is -0.495 e. The molecule has 0 amide bonds. The van der Waals surface area contributed by atoms with Crippen LogP contribution in [0.2, 0.25) is 0 Å². The van der Waals surface area contributed by atoms with E-state index in [1.54, 1.807) is 7.11 Å². The van der Waals surface area contributed by atoms with Crippen LogP contribution in [-0.2, 0) is 6.54 Å². The first-order chi connectivity index (χ1) is 12.7. The number of piperazine rings is 1. The van der Waals surface area contributed by atoms with Crippen LogP contribution in [0.1, 0.15) is 4.88 Å². The number of thiophene rings is 1. The molecule has 0 spiro atoms. The molecule has 1 fully saturated rings. The number of fused-ring (bicyclic) bond motifs is 1. The Kier molecular flexibility index (Phi) is 5.33. The fourth-order valence-corrected chi connectivity index (χ4v) is 4.92. The van der Waals surface area contributed by atoms with Crippen molar-refractivity contribution < 1.29 is 4.74 Å². The van der Waals surface area contributed by atoms with E-state index in [0.29, 0.717) is 0 Å². The Morgan fingerprint density at radius 3 is 2.54 bits per heavy atom. The standard InChI is InChI=1S/C20H28N4OS/c1-21-16-23(15-20-18(21)7-14-26-20)9-8-22-10-12-24(13-11-22)17-5-3-4-6-19(17)25-2/h3-7,14H,8-13,15-16H2,1-2H3. The van der Waals surface area contributed by atoms with Gasteiger partial charge in [-0.1, -0.05) is 12.1 Å². The number of para-hydroxylation sites is 2. The Hall–Kier alpha value is -1.76. The molecule has 0 aliphatic carbocycles. The van der Waals surface area contributed by atoms with Gasteiger partial charge in [-0.15, -0.1) is 11.3 Å². The van der Waals surface area contributed by atoms with E-state index in [4.69, 9.17) is 4.74 Å². The van der Waals surface area contributed by atoms with Crippen molar-refractivity contribution in [1.82, 2.24) is 9.80 Å². The molecule has 0 bridgehead atoms. The zero-order valence-electron chi connectivity index (χ0n) is 15.7. The average molecular weight is 373 g/mol. The number of benzene rings is 1. The minimum atomic E-state index is 0.976. The van der Waals surface area contributed by atoms with Crippen molar-refractivity contribution in [3.05, 3.63) is 40.6 Å². The second kappa shape index (κ2) is 7.86. The summed E-state index contributed by atoms with van der Waals surface area (Å²) in [5.41, 5.74) is 2.63. The molecule has 0 N–H and O–H groups in total. The molecule has 5 nitrogen and oxygen atoms in total. The lowest BCUT2D eigenvalue weighted by Gasteiger charge is -2.39. The number of rotatable bonds is 5. The van der Waals surface area contributed by atoms with Gasteiger partial charge in [0.1, 0.15) is 5.75 Å². The van der Waals surface area contributed by atoms with Crippen molar-refractivity contribution in [1.29, 1.82) is 0 Å². The van der Waals surface area contributed by atoms with Crippen LogP contribution in [0.3, 0.4) is 0 Å². The lowest BCUT2D eigenvalue weighted by Crippen LogP contribution is -2.49. The fourth-order valence-electron chi connectivity index (χ4n) is 3.96. The molecule has 26 heavy (non-hydrogen) atoms. The van der Waals surface area contributed by atoms with Crippen LogP contribution in [0, 0.1) is 0 Å². The molecule has 2 aliphatic heterocycles. The van der Waals surface area contributed by atoms with E-state index in [0.717, 1.165) is 58.2 Å². The van der Waals surface area contributed by atoms with Crippen molar-refractivity contribution in [2.24, 2.45) is 0 Å². The molecular weight excluding hydrogens is 344 g/mol. The molecule has 0 atom stereocenters. The molecule has 1 aromatic heterocycles. The second-order valence-electron chi connectivity index (χ2n) is 7.12. The second-order valence-corrected chi connectivity index (χ2v) is 8.12. The maximum atomic E-state index is 5.52. The number of hydrogen-bond donors (Lipinski definition) is 0. The summed E-state index contributed by atoms with van der Waals surface area (Å²) in [5, 5.41) is 2.21. The number of hydrogen-bond acceptors (Lipinski definition) is 6. The fraction of sp³-hybridized carbons (Fsp3) is 0.500. The van der Waals surface area contributed by atoms with Crippen molar-refractivity contribution >= 4 is 22.7 Å². The van der Waals surface area contributed by atoms with Crippen LogP contribution >= 0.6 is 11.3 Å². The Morgan fingerprint density at radius 1 is 0.962 bits per heavy atom. The van der Waals surface area contributed by atoms with Crippen LogP contribution in [-0.4, -0.2) is 69.9 Å². The van der Waals surface area contributed by atoms with E-state index >= 15 is 0 Å². The summed E-state index contributed by atoms with van der Waals surface area (Å²) in [6, 6.07) is 10.6. The van der Waals surface area contributed by atoms with Gasteiger partial charge in [0, 0.05) is 57.7 Å². The van der Waals surface area contributed by atoms with Crippen molar-refractivity contribution in [2.45, 2.75) is 6.54 Å². The van der Waals surface area contributed by atoms with Gasteiger partial charge in [0.15, 0.2) is 0 Å². The van der Waals surface area contributed by atoms with Gasteiger partial charge in [0.25, 0.3) is 0 Å². The predicted molar refractivity (Wildman–Crippen MR) is 110 cm³/mol. The predicted octanol–water partition coefficient (Wildman–Crippen LogP) is 2.79. The van der Waals surface area contributed by atoms with E-state index in [2.05, 4.69) is 50.2 Å². The first-order valence-electron chi connectivity index (χ1n) is 9.35. The summed E-state index contributed by atoms with van der Waals surface area (Å²) in [4.78, 5) is 11.5. The molecular formula is C20H28N4OS. The van der Waals surface area contributed by atoms with E-state index in [1.165, 1.54) is 16.3 Å². The smallest absolute Gasteiger partial charge is 0.142 e. The van der Waals surface area contributed by atoms with Crippen LogP contribution in [0.5, 0.6) is 5.75 Å². The van der Waals surface area contributed by atoms with Gasteiger partial charge >= 0.3 is 0 Å². The molecule has 0 saturated carbocycles. The molecule has 4 rings (SSSR count). The number of methoxy groups -OCH3 is 1. The minimum absolute atomic E-state index is 0.976. The van der Waals surface area contributed by atoms with E-state index in [1.807, 2.05) is 23.5 Å². The van der Waals surface area contributed by atoms with Gasteiger partial charge < -0.3 is 14.5 Å². The summed E-state index contributed by atoms with van der Waals surface area (Å²) in [7, 11) is 3.95. The third-order valence-corrected chi connectivity index (χ3v) is 6.34. The van der Waals surface area contributed by atoms with Crippen LogP contribution < -0.4 is 14.5 Å². The molecule has 2 aliphatic rings. The van der Waals surface area contributed by atoms with E-state index in [-0.39, 0.29) is 0 Å². The monoisotopic (exact) mass is 372 g/mol. The van der Waals surface area contributed by atoms with Gasteiger partial charge in [-0.3, -0.25) is 9.80 Å². The maximum Gasteiger partial charge on any atom is 0.142 e. The lowest BCUT2D eigenvalue weighted by atomic mass is 10.2. The highest BCUT2D eigenvalue weighted by Crippen LogP contribution is 2.31. The van der Waals surface area contributed by atoms with Gasteiger partial charge in [-0.25, -0.2) is 0 Å². The molecule has 2 aromatic rings. The summed E-state index contributed by atoms with van der Waals surface area (Å²) in [6.07, 6.45) is 0. The number of anilines is 2. The summed E-state index contributed by atoms with van der Waals surface area (Å²) in [5.74, 6) is 0.976. The van der Waals surface area contributed by atoms with E-state index in [9.17, 15) is 0 Å².